The first kappa shape index (κ1) is 16.2. The molecule has 3 aromatic rings. The van der Waals surface area contributed by atoms with Crippen molar-refractivity contribution in [2.45, 2.75) is 32.0 Å². The summed E-state index contributed by atoms with van der Waals surface area (Å²) in [7, 11) is 1.74. The Labute approximate surface area is 154 Å². The van der Waals surface area contributed by atoms with E-state index in [1.54, 1.807) is 24.1 Å². The van der Waals surface area contributed by atoms with E-state index >= 15 is 0 Å². The number of ether oxygens (including phenoxy) is 1. The number of hydrogen-bond donors (Lipinski definition) is 0. The fraction of sp³-hybridized carbons (Fsp3) is 0.300. The van der Waals surface area contributed by atoms with Gasteiger partial charge in [0.2, 0.25) is 0 Å². The van der Waals surface area contributed by atoms with E-state index in [0.29, 0.717) is 17.5 Å². The number of aryl methyl sites for hydroxylation is 1. The third-order valence-electron chi connectivity index (χ3n) is 5.56. The molecule has 0 radical (unpaired) electrons. The fourth-order valence-electron chi connectivity index (χ4n) is 4.39. The molecule has 0 saturated heterocycles. The number of hydrogen-bond acceptors (Lipinski definition) is 3. The number of rotatable bonds is 2. The van der Waals surface area contributed by atoms with Crippen molar-refractivity contribution in [3.8, 4) is 5.75 Å². The molecule has 2 atom stereocenters. The summed E-state index contributed by atoms with van der Waals surface area (Å²) in [5, 5.41) is 0. The molecular formula is C20H17F2N3O2. The van der Waals surface area contributed by atoms with Crippen LogP contribution in [0.1, 0.15) is 45.8 Å². The lowest BCUT2D eigenvalue weighted by atomic mass is 9.97. The van der Waals surface area contributed by atoms with Crippen LogP contribution in [-0.4, -0.2) is 34.0 Å². The van der Waals surface area contributed by atoms with Crippen LogP contribution in [0.5, 0.6) is 5.75 Å². The molecule has 3 heterocycles. The van der Waals surface area contributed by atoms with Gasteiger partial charge in [-0.2, -0.15) is 8.78 Å². The van der Waals surface area contributed by atoms with Crippen molar-refractivity contribution in [1.82, 2.24) is 14.5 Å². The van der Waals surface area contributed by atoms with Gasteiger partial charge in [0.25, 0.3) is 5.91 Å². The summed E-state index contributed by atoms with van der Waals surface area (Å²) in [6, 6.07) is 10.3. The number of imidazole rings is 1. The summed E-state index contributed by atoms with van der Waals surface area (Å²) in [6.07, 6.45) is 0.588. The van der Waals surface area contributed by atoms with Gasteiger partial charge in [-0.05, 0) is 36.8 Å². The molecule has 138 valence electrons. The van der Waals surface area contributed by atoms with E-state index in [1.165, 1.54) is 6.07 Å². The highest BCUT2D eigenvalue weighted by Gasteiger charge is 2.44. The molecule has 27 heavy (non-hydrogen) atoms. The van der Waals surface area contributed by atoms with Gasteiger partial charge < -0.3 is 14.2 Å². The molecule has 2 aliphatic rings. The first-order valence-corrected chi connectivity index (χ1v) is 8.79. The Morgan fingerprint density at radius 2 is 2.04 bits per heavy atom. The van der Waals surface area contributed by atoms with Gasteiger partial charge in [-0.3, -0.25) is 4.79 Å². The topological polar surface area (TPSA) is 47.4 Å². The van der Waals surface area contributed by atoms with E-state index in [4.69, 9.17) is 9.72 Å². The van der Waals surface area contributed by atoms with Gasteiger partial charge in [-0.25, -0.2) is 4.98 Å². The van der Waals surface area contributed by atoms with Crippen LogP contribution in [0.15, 0.2) is 36.4 Å². The average molecular weight is 369 g/mol. The zero-order valence-electron chi connectivity index (χ0n) is 14.8. The zero-order chi connectivity index (χ0) is 18.9. The SMILES string of the molecule is Cc1ccc2nc3n(c2c1)C1C[C@H]3N(C)C(=O)c2cccc(OC(F)F)c21. The Morgan fingerprint density at radius 3 is 2.81 bits per heavy atom. The number of carbonyl (C=O) groups is 1. The predicted molar refractivity (Wildman–Crippen MR) is 95.1 cm³/mol. The molecule has 0 N–H and O–H groups in total. The molecule has 2 aromatic carbocycles. The molecule has 2 bridgehead atoms. The van der Waals surface area contributed by atoms with Crippen molar-refractivity contribution in [3.63, 3.8) is 0 Å². The molecule has 1 aromatic heterocycles. The summed E-state index contributed by atoms with van der Waals surface area (Å²) < 4.78 is 32.9. The van der Waals surface area contributed by atoms with Crippen molar-refractivity contribution in [1.29, 1.82) is 0 Å². The van der Waals surface area contributed by atoms with E-state index in [0.717, 1.165) is 22.4 Å². The summed E-state index contributed by atoms with van der Waals surface area (Å²) in [4.78, 5) is 19.4. The number of fused-ring (bicyclic) bond motifs is 9. The highest BCUT2D eigenvalue weighted by Crippen LogP contribution is 2.49. The predicted octanol–water partition coefficient (Wildman–Crippen LogP) is 4.07. The average Bonchev–Trinajstić information content (AvgIpc) is 3.14. The number of halogens is 2. The van der Waals surface area contributed by atoms with Crippen molar-refractivity contribution in [2.24, 2.45) is 0 Å². The maximum Gasteiger partial charge on any atom is 0.387 e. The minimum absolute atomic E-state index is 0.0530. The van der Waals surface area contributed by atoms with E-state index in [-0.39, 0.29) is 23.7 Å². The first-order chi connectivity index (χ1) is 13.0. The van der Waals surface area contributed by atoms with E-state index in [1.807, 2.05) is 25.1 Å². The third-order valence-corrected chi connectivity index (χ3v) is 5.56. The highest BCUT2D eigenvalue weighted by molar-refractivity contribution is 5.97. The molecule has 2 aliphatic heterocycles. The zero-order valence-corrected chi connectivity index (χ0v) is 14.8. The van der Waals surface area contributed by atoms with Crippen LogP contribution in [-0.2, 0) is 0 Å². The number of benzene rings is 2. The molecule has 5 rings (SSSR count). The Morgan fingerprint density at radius 1 is 1.22 bits per heavy atom. The van der Waals surface area contributed by atoms with Gasteiger partial charge in [0.05, 0.1) is 23.1 Å². The van der Waals surface area contributed by atoms with E-state index in [2.05, 4.69) is 4.57 Å². The van der Waals surface area contributed by atoms with Crippen LogP contribution in [0.2, 0.25) is 0 Å². The van der Waals surface area contributed by atoms with Crippen molar-refractivity contribution >= 4 is 16.9 Å². The second kappa shape index (κ2) is 5.52. The monoisotopic (exact) mass is 369 g/mol. The summed E-state index contributed by atoms with van der Waals surface area (Å²) in [5.41, 5.74) is 3.78. The molecule has 0 aliphatic carbocycles. The lowest BCUT2D eigenvalue weighted by Gasteiger charge is -2.24. The van der Waals surface area contributed by atoms with Crippen LogP contribution in [0, 0.1) is 6.92 Å². The Bertz CT molecular complexity index is 1090. The second-order valence-electron chi connectivity index (χ2n) is 7.11. The van der Waals surface area contributed by atoms with E-state index < -0.39 is 6.61 Å². The normalized spacial score (nSPS) is 20.8. The number of nitrogens with zero attached hydrogens (tertiary/aromatic N) is 3. The molecule has 7 heteroatoms. The van der Waals surface area contributed by atoms with Crippen molar-refractivity contribution in [3.05, 3.63) is 58.9 Å². The molecule has 0 spiro atoms. The Balaban J connectivity index is 1.82. The van der Waals surface area contributed by atoms with E-state index in [9.17, 15) is 13.6 Å². The van der Waals surface area contributed by atoms with Gasteiger partial charge in [-0.1, -0.05) is 12.1 Å². The van der Waals surface area contributed by atoms with Gasteiger partial charge in [0.15, 0.2) is 0 Å². The summed E-state index contributed by atoms with van der Waals surface area (Å²) in [5.74, 6) is 0.637. The minimum atomic E-state index is -2.95. The molecular weight excluding hydrogens is 352 g/mol. The fourth-order valence-corrected chi connectivity index (χ4v) is 4.39. The van der Waals surface area contributed by atoms with Gasteiger partial charge in [0, 0.05) is 24.6 Å². The van der Waals surface area contributed by atoms with Crippen LogP contribution in [0.25, 0.3) is 11.0 Å². The number of amides is 1. The maximum atomic E-state index is 13.0. The van der Waals surface area contributed by atoms with Crippen LogP contribution >= 0.6 is 0 Å². The molecule has 0 saturated carbocycles. The molecule has 5 nitrogen and oxygen atoms in total. The second-order valence-corrected chi connectivity index (χ2v) is 7.11. The first-order valence-electron chi connectivity index (χ1n) is 8.79. The van der Waals surface area contributed by atoms with Gasteiger partial charge >= 0.3 is 6.61 Å². The molecule has 0 fully saturated rings. The maximum absolute atomic E-state index is 13.0. The lowest BCUT2D eigenvalue weighted by molar-refractivity contribution is -0.0507. The summed E-state index contributed by atoms with van der Waals surface area (Å²) in [6.45, 7) is -0.951. The highest BCUT2D eigenvalue weighted by atomic mass is 19.3. The van der Waals surface area contributed by atoms with Crippen molar-refractivity contribution in [2.75, 3.05) is 7.05 Å². The molecule has 1 amide bonds. The number of carbonyl (C=O) groups excluding carboxylic acids is 1. The number of aromatic nitrogens is 2. The quantitative estimate of drug-likeness (QED) is 0.684. The summed E-state index contributed by atoms with van der Waals surface area (Å²) >= 11 is 0. The molecule has 1 unspecified atom stereocenters. The Hall–Kier alpha value is -2.96. The lowest BCUT2D eigenvalue weighted by Crippen LogP contribution is -2.30. The van der Waals surface area contributed by atoms with Crippen LogP contribution in [0.3, 0.4) is 0 Å². The standard InChI is InChI=1S/C20H17F2N3O2/c1-10-6-7-12-13(8-10)25-14-9-15(18(25)23-12)24(2)19(26)11-4-3-5-16(17(11)14)27-20(21)22/h3-8,14-15,20H,9H2,1-2H3/t14?,15-/m1/s1. The van der Waals surface area contributed by atoms with Gasteiger partial charge in [0.1, 0.15) is 11.6 Å². The van der Waals surface area contributed by atoms with Gasteiger partial charge in [-0.15, -0.1) is 0 Å². The smallest absolute Gasteiger partial charge is 0.387 e. The largest absolute Gasteiger partial charge is 0.434 e. The van der Waals surface area contributed by atoms with Crippen LogP contribution in [0.4, 0.5) is 8.78 Å². The minimum Gasteiger partial charge on any atom is -0.434 e. The van der Waals surface area contributed by atoms with Crippen molar-refractivity contribution < 1.29 is 18.3 Å². The third kappa shape index (κ3) is 2.20. The Kier molecular flexibility index (Phi) is 3.32. The van der Waals surface area contributed by atoms with Crippen LogP contribution < -0.4 is 4.74 Å². The number of alkyl halides is 2.